The van der Waals surface area contributed by atoms with Gasteiger partial charge in [0.2, 0.25) is 0 Å². The number of rotatable bonds is 4. The third kappa shape index (κ3) is 2.65. The fourth-order valence-corrected chi connectivity index (χ4v) is 2.06. The first kappa shape index (κ1) is 11.9. The van der Waals surface area contributed by atoms with Crippen molar-refractivity contribution < 1.29 is 14.1 Å². The monoisotopic (exact) mass is 230 g/mol. The first-order valence-corrected chi connectivity index (χ1v) is 5.93. The summed E-state index contributed by atoms with van der Waals surface area (Å²) < 4.78 is 13.1. The Morgan fingerprint density at radius 3 is 2.73 bits per heavy atom. The molecule has 0 radical (unpaired) electrons. The van der Waals surface area contributed by atoms with Crippen molar-refractivity contribution >= 4 is 16.8 Å². The van der Waals surface area contributed by atoms with Gasteiger partial charge in [0.25, 0.3) is 0 Å². The van der Waals surface area contributed by atoms with Crippen LogP contribution < -0.4 is 0 Å². The van der Waals surface area contributed by atoms with Crippen molar-refractivity contribution in [2.45, 2.75) is 24.9 Å². The van der Waals surface area contributed by atoms with Crippen LogP contribution in [0.15, 0.2) is 6.20 Å². The number of aromatic nitrogens is 2. The molecule has 1 atom stereocenters. The van der Waals surface area contributed by atoms with E-state index >= 15 is 0 Å². The first-order chi connectivity index (χ1) is 6.93. The molecule has 0 aliphatic carbocycles. The van der Waals surface area contributed by atoms with Crippen LogP contribution in [0.3, 0.4) is 0 Å². The number of aromatic carboxylic acids is 1. The van der Waals surface area contributed by atoms with Gasteiger partial charge in [-0.15, -0.1) is 0 Å². The molecule has 6 heteroatoms. The molecule has 0 aliphatic rings. The molecule has 0 aliphatic heterocycles. The summed E-state index contributed by atoms with van der Waals surface area (Å²) >= 11 is 0. The highest BCUT2D eigenvalue weighted by atomic mass is 32.2. The van der Waals surface area contributed by atoms with Crippen molar-refractivity contribution in [2.24, 2.45) is 7.05 Å². The van der Waals surface area contributed by atoms with E-state index in [4.69, 9.17) is 5.11 Å². The van der Waals surface area contributed by atoms with Crippen LogP contribution in [0.25, 0.3) is 0 Å². The molecule has 1 heterocycles. The zero-order chi connectivity index (χ0) is 11.6. The maximum atomic E-state index is 11.6. The molecule has 0 fully saturated rings. The number of carbonyl (C=O) groups is 1. The van der Waals surface area contributed by atoms with Gasteiger partial charge >= 0.3 is 5.97 Å². The Morgan fingerprint density at radius 2 is 2.27 bits per heavy atom. The lowest BCUT2D eigenvalue weighted by Gasteiger charge is -2.06. The number of aryl methyl sites for hydroxylation is 1. The second-order valence-corrected chi connectivity index (χ2v) is 5.50. The lowest BCUT2D eigenvalue weighted by molar-refractivity contribution is 0.0696. The molecule has 1 N–H and O–H groups in total. The van der Waals surface area contributed by atoms with Crippen LogP contribution in [0, 0.1) is 0 Å². The lowest BCUT2D eigenvalue weighted by atomic mass is 10.3. The Balaban J connectivity index is 2.98. The standard InChI is InChI=1S/C9H14N2O3S/c1-6(2)15(14)5-8-7(9(12)13)4-10-11(8)3/h4,6H,5H2,1-3H3,(H,12,13). The molecule has 0 spiro atoms. The Hall–Kier alpha value is -1.17. The predicted octanol–water partition coefficient (Wildman–Crippen LogP) is 0.775. The van der Waals surface area contributed by atoms with Gasteiger partial charge in [0.1, 0.15) is 5.56 Å². The fraction of sp³-hybridized carbons (Fsp3) is 0.556. The van der Waals surface area contributed by atoms with E-state index in [-0.39, 0.29) is 16.6 Å². The number of hydrogen-bond acceptors (Lipinski definition) is 3. The minimum Gasteiger partial charge on any atom is -0.478 e. The third-order valence-electron chi connectivity index (χ3n) is 2.10. The summed E-state index contributed by atoms with van der Waals surface area (Å²) in [7, 11) is 0.590. The van der Waals surface area contributed by atoms with Gasteiger partial charge in [-0.05, 0) is 0 Å². The zero-order valence-corrected chi connectivity index (χ0v) is 9.74. The van der Waals surface area contributed by atoms with E-state index in [1.807, 2.05) is 13.8 Å². The minimum atomic E-state index is -1.06. The number of carboxylic acids is 1. The summed E-state index contributed by atoms with van der Waals surface area (Å²) in [6.45, 7) is 3.68. The zero-order valence-electron chi connectivity index (χ0n) is 8.93. The second kappa shape index (κ2) is 4.57. The van der Waals surface area contributed by atoms with Gasteiger partial charge in [-0.3, -0.25) is 8.89 Å². The number of nitrogens with zero attached hydrogens (tertiary/aromatic N) is 2. The molecule has 1 aromatic heterocycles. The SMILES string of the molecule is CC(C)S(=O)Cc1c(C(=O)O)cnn1C. The lowest BCUT2D eigenvalue weighted by Crippen LogP contribution is -2.13. The maximum absolute atomic E-state index is 11.6. The third-order valence-corrected chi connectivity index (χ3v) is 3.71. The van der Waals surface area contributed by atoms with Crippen LogP contribution >= 0.6 is 0 Å². The number of hydrogen-bond donors (Lipinski definition) is 1. The van der Waals surface area contributed by atoms with E-state index in [0.717, 1.165) is 0 Å². The average Bonchev–Trinajstić information content (AvgIpc) is 2.48. The summed E-state index contributed by atoms with van der Waals surface area (Å²) in [5.74, 6) is -0.797. The predicted molar refractivity (Wildman–Crippen MR) is 57.1 cm³/mol. The van der Waals surface area contributed by atoms with Gasteiger partial charge in [-0.1, -0.05) is 13.8 Å². The second-order valence-electron chi connectivity index (χ2n) is 3.51. The molecule has 5 nitrogen and oxygen atoms in total. The molecule has 1 aromatic rings. The highest BCUT2D eigenvalue weighted by Crippen LogP contribution is 2.12. The molecule has 84 valence electrons. The molecule has 1 unspecified atom stereocenters. The van der Waals surface area contributed by atoms with E-state index in [2.05, 4.69) is 5.10 Å². The minimum absolute atomic E-state index is 0.0153. The van der Waals surface area contributed by atoms with Gasteiger partial charge < -0.3 is 5.11 Å². The van der Waals surface area contributed by atoms with E-state index < -0.39 is 16.8 Å². The van der Waals surface area contributed by atoms with Crippen LogP contribution in [0.4, 0.5) is 0 Å². The van der Waals surface area contributed by atoms with Crippen molar-refractivity contribution in [2.75, 3.05) is 0 Å². The average molecular weight is 230 g/mol. The van der Waals surface area contributed by atoms with Crippen molar-refractivity contribution in [3.8, 4) is 0 Å². The van der Waals surface area contributed by atoms with Gasteiger partial charge in [0, 0.05) is 23.1 Å². The largest absolute Gasteiger partial charge is 0.478 e. The normalized spacial score (nSPS) is 13.1. The topological polar surface area (TPSA) is 72.2 Å². The van der Waals surface area contributed by atoms with Crippen LogP contribution in [0.2, 0.25) is 0 Å². The fourth-order valence-electron chi connectivity index (χ4n) is 1.11. The molecule has 0 saturated carbocycles. The maximum Gasteiger partial charge on any atom is 0.339 e. The van der Waals surface area contributed by atoms with E-state index in [0.29, 0.717) is 5.69 Å². The Labute approximate surface area is 90.6 Å². The molecule has 1 rings (SSSR count). The molecule has 15 heavy (non-hydrogen) atoms. The highest BCUT2D eigenvalue weighted by Gasteiger charge is 2.18. The summed E-state index contributed by atoms with van der Waals surface area (Å²) in [5, 5.41) is 12.7. The van der Waals surface area contributed by atoms with Crippen molar-refractivity contribution in [1.29, 1.82) is 0 Å². The Bertz CT molecular complexity index is 398. The molecule has 0 bridgehead atoms. The smallest absolute Gasteiger partial charge is 0.339 e. The van der Waals surface area contributed by atoms with Gasteiger partial charge in [0.05, 0.1) is 17.6 Å². The molecule has 0 amide bonds. The van der Waals surface area contributed by atoms with Crippen LogP contribution in [-0.4, -0.2) is 30.3 Å². The molecule has 0 aromatic carbocycles. The molecule has 0 saturated heterocycles. The number of carboxylic acid groups (broad SMARTS) is 1. The highest BCUT2D eigenvalue weighted by molar-refractivity contribution is 7.84. The van der Waals surface area contributed by atoms with Gasteiger partial charge in [0.15, 0.2) is 0 Å². The first-order valence-electron chi connectivity index (χ1n) is 4.54. The van der Waals surface area contributed by atoms with Crippen LogP contribution in [0.5, 0.6) is 0 Å². The molecular weight excluding hydrogens is 216 g/mol. The van der Waals surface area contributed by atoms with E-state index in [9.17, 15) is 9.00 Å². The summed E-state index contributed by atoms with van der Waals surface area (Å²) in [5.41, 5.74) is 0.640. The Kier molecular flexibility index (Phi) is 3.62. The quantitative estimate of drug-likeness (QED) is 0.829. The summed E-state index contributed by atoms with van der Waals surface area (Å²) in [6.07, 6.45) is 1.29. The summed E-state index contributed by atoms with van der Waals surface area (Å²) in [6, 6.07) is 0. The van der Waals surface area contributed by atoms with Gasteiger partial charge in [-0.2, -0.15) is 5.10 Å². The van der Waals surface area contributed by atoms with Crippen LogP contribution in [0.1, 0.15) is 29.9 Å². The van der Waals surface area contributed by atoms with Crippen molar-refractivity contribution in [3.05, 3.63) is 17.5 Å². The van der Waals surface area contributed by atoms with Crippen molar-refractivity contribution in [3.63, 3.8) is 0 Å². The molecular formula is C9H14N2O3S. The van der Waals surface area contributed by atoms with Crippen LogP contribution in [-0.2, 0) is 23.6 Å². The summed E-state index contributed by atoms with van der Waals surface area (Å²) in [4.78, 5) is 10.8. The van der Waals surface area contributed by atoms with E-state index in [1.54, 1.807) is 7.05 Å². The Morgan fingerprint density at radius 1 is 1.67 bits per heavy atom. The van der Waals surface area contributed by atoms with Crippen molar-refractivity contribution in [1.82, 2.24) is 9.78 Å². The van der Waals surface area contributed by atoms with Gasteiger partial charge in [-0.25, -0.2) is 4.79 Å². The van der Waals surface area contributed by atoms with E-state index in [1.165, 1.54) is 10.9 Å².